The van der Waals surface area contributed by atoms with Crippen molar-refractivity contribution in [2.45, 2.75) is 38.6 Å². The van der Waals surface area contributed by atoms with Crippen molar-refractivity contribution >= 4 is 0 Å². The summed E-state index contributed by atoms with van der Waals surface area (Å²) in [6.45, 7) is 2.62. The van der Waals surface area contributed by atoms with Gasteiger partial charge in [0.25, 0.3) is 0 Å². The van der Waals surface area contributed by atoms with E-state index >= 15 is 0 Å². The van der Waals surface area contributed by atoms with Crippen molar-refractivity contribution in [2.75, 3.05) is 6.61 Å². The molecule has 2 saturated carbocycles. The first kappa shape index (κ1) is 12.9. The SMILES string of the molecule is C[C@@H](N)c1cc(F)ccc1OCC1CC2CCC1C2. The summed E-state index contributed by atoms with van der Waals surface area (Å²) in [5.41, 5.74) is 6.65. The number of ether oxygens (including phenoxy) is 1. The fourth-order valence-corrected chi connectivity index (χ4v) is 3.78. The molecule has 2 aliphatic rings. The van der Waals surface area contributed by atoms with Crippen molar-refractivity contribution in [1.29, 1.82) is 0 Å². The Morgan fingerprint density at radius 3 is 2.84 bits per heavy atom. The average molecular weight is 263 g/mol. The maximum absolute atomic E-state index is 13.3. The van der Waals surface area contributed by atoms with Crippen molar-refractivity contribution in [2.24, 2.45) is 23.5 Å². The molecule has 3 rings (SSSR count). The fourth-order valence-electron chi connectivity index (χ4n) is 3.78. The predicted molar refractivity (Wildman–Crippen MR) is 73.4 cm³/mol. The molecule has 0 aliphatic heterocycles. The summed E-state index contributed by atoms with van der Waals surface area (Å²) >= 11 is 0. The Labute approximate surface area is 114 Å². The normalized spacial score (nSPS) is 30.6. The van der Waals surface area contributed by atoms with E-state index in [1.54, 1.807) is 6.07 Å². The van der Waals surface area contributed by atoms with E-state index < -0.39 is 0 Å². The molecule has 0 spiro atoms. The molecule has 2 bridgehead atoms. The molecule has 3 heteroatoms. The molecule has 19 heavy (non-hydrogen) atoms. The molecule has 0 amide bonds. The summed E-state index contributed by atoms with van der Waals surface area (Å²) in [7, 11) is 0. The van der Waals surface area contributed by atoms with Gasteiger partial charge in [-0.05, 0) is 62.1 Å². The molecule has 4 atom stereocenters. The number of benzene rings is 1. The molecule has 0 aromatic heterocycles. The van der Waals surface area contributed by atoms with Gasteiger partial charge in [0, 0.05) is 11.6 Å². The van der Waals surface area contributed by atoms with Crippen LogP contribution in [0.25, 0.3) is 0 Å². The third-order valence-corrected chi connectivity index (χ3v) is 4.80. The van der Waals surface area contributed by atoms with E-state index in [1.807, 2.05) is 6.92 Å². The number of hydrogen-bond donors (Lipinski definition) is 1. The highest BCUT2D eigenvalue weighted by Crippen LogP contribution is 2.48. The van der Waals surface area contributed by atoms with Crippen LogP contribution in [0.3, 0.4) is 0 Å². The van der Waals surface area contributed by atoms with E-state index in [4.69, 9.17) is 10.5 Å². The lowest BCUT2D eigenvalue weighted by atomic mass is 9.89. The first-order valence-corrected chi connectivity index (χ1v) is 7.31. The number of halogens is 1. The predicted octanol–water partition coefficient (Wildman–Crippen LogP) is 3.66. The van der Waals surface area contributed by atoms with Crippen LogP contribution in [0.2, 0.25) is 0 Å². The quantitative estimate of drug-likeness (QED) is 0.899. The summed E-state index contributed by atoms with van der Waals surface area (Å²) < 4.78 is 19.2. The molecule has 104 valence electrons. The smallest absolute Gasteiger partial charge is 0.124 e. The monoisotopic (exact) mass is 263 g/mol. The van der Waals surface area contributed by atoms with Crippen LogP contribution >= 0.6 is 0 Å². The van der Waals surface area contributed by atoms with E-state index in [9.17, 15) is 4.39 Å². The lowest BCUT2D eigenvalue weighted by Crippen LogP contribution is -2.19. The minimum atomic E-state index is -0.250. The molecule has 1 aromatic rings. The molecule has 2 nitrogen and oxygen atoms in total. The van der Waals surface area contributed by atoms with Crippen molar-refractivity contribution in [3.05, 3.63) is 29.6 Å². The van der Waals surface area contributed by atoms with Crippen molar-refractivity contribution in [3.8, 4) is 5.75 Å². The highest BCUT2D eigenvalue weighted by atomic mass is 19.1. The van der Waals surface area contributed by atoms with Gasteiger partial charge in [-0.3, -0.25) is 0 Å². The maximum atomic E-state index is 13.3. The zero-order valence-corrected chi connectivity index (χ0v) is 11.4. The Bertz CT molecular complexity index is 460. The van der Waals surface area contributed by atoms with Gasteiger partial charge >= 0.3 is 0 Å². The second-order valence-corrected chi connectivity index (χ2v) is 6.22. The van der Waals surface area contributed by atoms with Gasteiger partial charge in [-0.1, -0.05) is 6.42 Å². The summed E-state index contributed by atoms with van der Waals surface area (Å²) in [4.78, 5) is 0. The first-order chi connectivity index (χ1) is 9.13. The zero-order chi connectivity index (χ0) is 13.4. The minimum absolute atomic E-state index is 0.203. The third kappa shape index (κ3) is 2.62. The van der Waals surface area contributed by atoms with Gasteiger partial charge in [0.1, 0.15) is 11.6 Å². The van der Waals surface area contributed by atoms with Gasteiger partial charge < -0.3 is 10.5 Å². The molecule has 0 saturated heterocycles. The van der Waals surface area contributed by atoms with E-state index in [-0.39, 0.29) is 11.9 Å². The van der Waals surface area contributed by atoms with Crippen LogP contribution in [-0.2, 0) is 0 Å². The van der Waals surface area contributed by atoms with Gasteiger partial charge in [0.2, 0.25) is 0 Å². The van der Waals surface area contributed by atoms with Crippen LogP contribution in [0, 0.1) is 23.6 Å². The number of nitrogens with two attached hydrogens (primary N) is 1. The molecule has 2 fully saturated rings. The van der Waals surface area contributed by atoms with Crippen LogP contribution < -0.4 is 10.5 Å². The maximum Gasteiger partial charge on any atom is 0.124 e. The topological polar surface area (TPSA) is 35.2 Å². The average Bonchev–Trinajstić information content (AvgIpc) is 2.99. The van der Waals surface area contributed by atoms with Crippen LogP contribution in [0.4, 0.5) is 4.39 Å². The van der Waals surface area contributed by atoms with Crippen molar-refractivity contribution < 1.29 is 9.13 Å². The Morgan fingerprint density at radius 2 is 2.21 bits per heavy atom. The Kier molecular flexibility index (Phi) is 3.48. The number of fused-ring (bicyclic) bond motifs is 2. The number of hydrogen-bond acceptors (Lipinski definition) is 2. The molecule has 2 aliphatic carbocycles. The van der Waals surface area contributed by atoms with E-state index in [2.05, 4.69) is 0 Å². The molecule has 3 unspecified atom stereocenters. The fraction of sp³-hybridized carbons (Fsp3) is 0.625. The molecule has 1 aromatic carbocycles. The van der Waals surface area contributed by atoms with Gasteiger partial charge in [0.05, 0.1) is 6.61 Å². The number of rotatable bonds is 4. The highest BCUT2D eigenvalue weighted by Gasteiger charge is 2.39. The summed E-state index contributed by atoms with van der Waals surface area (Å²) in [6.07, 6.45) is 5.46. The van der Waals surface area contributed by atoms with E-state index in [1.165, 1.54) is 37.8 Å². The summed E-state index contributed by atoms with van der Waals surface area (Å²) in [6, 6.07) is 4.44. The van der Waals surface area contributed by atoms with Gasteiger partial charge in [-0.25, -0.2) is 4.39 Å². The van der Waals surface area contributed by atoms with Gasteiger partial charge in [0.15, 0.2) is 0 Å². The lowest BCUT2D eigenvalue weighted by molar-refractivity contribution is 0.193. The Morgan fingerprint density at radius 1 is 1.37 bits per heavy atom. The van der Waals surface area contributed by atoms with Crippen molar-refractivity contribution in [1.82, 2.24) is 0 Å². The second-order valence-electron chi connectivity index (χ2n) is 6.22. The van der Waals surface area contributed by atoms with E-state index in [0.29, 0.717) is 5.92 Å². The summed E-state index contributed by atoms with van der Waals surface area (Å²) in [5.74, 6) is 2.97. The third-order valence-electron chi connectivity index (χ3n) is 4.80. The minimum Gasteiger partial charge on any atom is -0.493 e. The van der Waals surface area contributed by atoms with E-state index in [0.717, 1.165) is 29.8 Å². The summed E-state index contributed by atoms with van der Waals surface area (Å²) in [5, 5.41) is 0. The van der Waals surface area contributed by atoms with Crippen LogP contribution in [-0.4, -0.2) is 6.61 Å². The van der Waals surface area contributed by atoms with Gasteiger partial charge in [-0.15, -0.1) is 0 Å². The second kappa shape index (κ2) is 5.12. The molecular formula is C16H22FNO. The lowest BCUT2D eigenvalue weighted by Gasteiger charge is -2.23. The van der Waals surface area contributed by atoms with Crippen LogP contribution in [0.15, 0.2) is 18.2 Å². The molecule has 0 radical (unpaired) electrons. The highest BCUT2D eigenvalue weighted by molar-refractivity contribution is 5.36. The largest absolute Gasteiger partial charge is 0.493 e. The van der Waals surface area contributed by atoms with Gasteiger partial charge in [-0.2, -0.15) is 0 Å². The van der Waals surface area contributed by atoms with Crippen molar-refractivity contribution in [3.63, 3.8) is 0 Å². The zero-order valence-electron chi connectivity index (χ0n) is 11.4. The van der Waals surface area contributed by atoms with Crippen LogP contribution in [0.1, 0.15) is 44.2 Å². The molecule has 2 N–H and O–H groups in total. The molecular weight excluding hydrogens is 241 g/mol. The Balaban J connectivity index is 1.66. The Hall–Kier alpha value is -1.09. The first-order valence-electron chi connectivity index (χ1n) is 7.31. The van der Waals surface area contributed by atoms with Crippen LogP contribution in [0.5, 0.6) is 5.75 Å². The molecule has 0 heterocycles. The standard InChI is InChI=1S/C16H22FNO/c1-10(18)15-8-14(17)4-5-16(15)19-9-13-7-11-2-3-12(13)6-11/h4-5,8,10-13H,2-3,6-7,9,18H2,1H3/t10-,11?,12?,13?/m1/s1.